The van der Waals surface area contributed by atoms with E-state index in [4.69, 9.17) is 42.1 Å². The zero-order valence-electron chi connectivity index (χ0n) is 48.9. The van der Waals surface area contributed by atoms with Gasteiger partial charge in [0, 0.05) is 80.7 Å². The van der Waals surface area contributed by atoms with Crippen molar-refractivity contribution in [2.75, 3.05) is 14.2 Å². The van der Waals surface area contributed by atoms with Gasteiger partial charge in [0.15, 0.2) is 0 Å². The number of aromatic nitrogens is 2. The van der Waals surface area contributed by atoms with Crippen molar-refractivity contribution in [2.24, 2.45) is 0 Å². The first-order valence-corrected chi connectivity index (χ1v) is 26.8. The van der Waals surface area contributed by atoms with Gasteiger partial charge in [0.1, 0.15) is 28.7 Å². The first-order valence-electron chi connectivity index (χ1n) is 26.1. The fourth-order valence-corrected chi connectivity index (χ4v) is 8.18. The third kappa shape index (κ3) is 21.7. The normalized spacial score (nSPS) is 9.97. The van der Waals surface area contributed by atoms with Crippen molar-refractivity contribution in [3.63, 3.8) is 0 Å². The van der Waals surface area contributed by atoms with E-state index in [1.807, 2.05) is 50.2 Å². The molecule has 9 rings (SSSR count). The SMILES string of the molecule is CC(=O)Oc1ccccc1C(=O)[O-].CC(=O)Oc1ccccc1C(=O)[O-].CC(=O)Oc1ccccc1C(=O)[O-].COc1ccc2[nH]c(C)c(CC(=O)OC(=O)c3ccc(Cl)cc3)c2c1.COc1ccc2[nH]c(C)c(CC(=O)OC(=O)c3ccc(Cl)cc3)c2c1.[Al+3]. The number of rotatable bonds is 14. The number of carboxylic acid groups (broad SMARTS) is 3. The van der Waals surface area contributed by atoms with Crippen molar-refractivity contribution in [1.29, 1.82) is 0 Å². The van der Waals surface area contributed by atoms with Crippen LogP contribution in [0, 0.1) is 13.8 Å². The molecule has 7 aromatic carbocycles. The molecule has 2 aromatic heterocycles. The van der Waals surface area contributed by atoms with Gasteiger partial charge in [-0.3, -0.25) is 24.0 Å². The summed E-state index contributed by atoms with van der Waals surface area (Å²) in [6, 6.07) is 40.9. The largest absolute Gasteiger partial charge is 3.00 e. The molecule has 0 aliphatic heterocycles. The van der Waals surface area contributed by atoms with Gasteiger partial charge < -0.3 is 72.8 Å². The van der Waals surface area contributed by atoms with Crippen molar-refractivity contribution < 1.29 is 96.4 Å². The number of benzene rings is 7. The van der Waals surface area contributed by atoms with Gasteiger partial charge in [-0.15, -0.1) is 0 Å². The topological polar surface area (TPSA) is 336 Å². The van der Waals surface area contributed by atoms with E-state index in [2.05, 4.69) is 24.2 Å². The molecule has 25 heteroatoms. The maximum Gasteiger partial charge on any atom is 3.00 e. The van der Waals surface area contributed by atoms with E-state index in [1.54, 1.807) is 56.7 Å². The number of esters is 7. The molecule has 2 N–H and O–H groups in total. The molecule has 460 valence electrons. The molecular formula is C65H53AlCl2N2O20. The summed E-state index contributed by atoms with van der Waals surface area (Å²) in [5.41, 5.74) is 5.21. The summed E-state index contributed by atoms with van der Waals surface area (Å²) in [7, 11) is 3.17. The van der Waals surface area contributed by atoms with Crippen molar-refractivity contribution in [2.45, 2.75) is 47.5 Å². The fourth-order valence-electron chi connectivity index (χ4n) is 7.93. The van der Waals surface area contributed by atoms with Crippen LogP contribution in [0.15, 0.2) is 158 Å². The number of methoxy groups -OCH3 is 2. The number of carboxylic acids is 3. The van der Waals surface area contributed by atoms with E-state index in [-0.39, 0.29) is 75.3 Å². The van der Waals surface area contributed by atoms with Crippen LogP contribution >= 0.6 is 23.2 Å². The number of aromatic carboxylic acids is 3. The predicted molar refractivity (Wildman–Crippen MR) is 322 cm³/mol. The molecule has 0 aliphatic carbocycles. The quantitative estimate of drug-likeness (QED) is 0.0456. The molecule has 9 aromatic rings. The maximum atomic E-state index is 12.2. The molecule has 0 saturated carbocycles. The Kier molecular flexibility index (Phi) is 27.7. The Labute approximate surface area is 534 Å². The van der Waals surface area contributed by atoms with E-state index >= 15 is 0 Å². The predicted octanol–water partition coefficient (Wildman–Crippen LogP) is 7.67. The van der Waals surface area contributed by atoms with E-state index in [0.29, 0.717) is 21.5 Å². The van der Waals surface area contributed by atoms with Crippen LogP contribution in [-0.4, -0.2) is 101 Å². The molecule has 0 spiro atoms. The summed E-state index contributed by atoms with van der Waals surface area (Å²) in [4.78, 5) is 118. The number of H-pyrrole nitrogens is 2. The number of aromatic amines is 2. The fraction of sp³-hybridized carbons (Fsp3) is 0.138. The maximum absolute atomic E-state index is 12.2. The summed E-state index contributed by atoms with van der Waals surface area (Å²) in [5.74, 6) is -7.00. The minimum absolute atomic E-state index is 0. The molecule has 2 heterocycles. The molecule has 0 bridgehead atoms. The van der Waals surface area contributed by atoms with Crippen LogP contribution in [0.4, 0.5) is 0 Å². The number of carbonyl (C=O) groups is 10. The molecule has 0 atom stereocenters. The number of hydrogen-bond donors (Lipinski definition) is 2. The molecule has 0 aliphatic rings. The third-order valence-corrected chi connectivity index (χ3v) is 12.5. The second-order valence-electron chi connectivity index (χ2n) is 18.3. The molecule has 0 radical (unpaired) electrons. The van der Waals surface area contributed by atoms with Crippen molar-refractivity contribution in [3.05, 3.63) is 218 Å². The van der Waals surface area contributed by atoms with Crippen molar-refractivity contribution in [3.8, 4) is 28.7 Å². The Morgan fingerprint density at radius 1 is 0.422 bits per heavy atom. The van der Waals surface area contributed by atoms with Gasteiger partial charge in [0.25, 0.3) is 0 Å². The molecule has 0 amide bonds. The van der Waals surface area contributed by atoms with Crippen LogP contribution in [0.3, 0.4) is 0 Å². The number of ether oxygens (including phenoxy) is 7. The summed E-state index contributed by atoms with van der Waals surface area (Å²) in [6.45, 7) is 7.34. The Morgan fingerprint density at radius 3 is 0.978 bits per heavy atom. The van der Waals surface area contributed by atoms with Gasteiger partial charge in [0.05, 0.1) is 56.1 Å². The summed E-state index contributed by atoms with van der Waals surface area (Å²) in [6.07, 6.45) is -0.0311. The standard InChI is InChI=1S/2C19H16ClNO4.3C9H8O4.Al/c2*1-11-15(16-9-14(24-2)7-8-17(16)21-11)10-18(22)25-19(23)12-3-5-13(20)6-4-12;3*1-6(10)13-8-5-3-2-4-7(8)9(11)12;/h2*3-9,21H,10H2,1-2H3;3*2-5H,1H3,(H,11,12);/q;;;;;+3/p-3. The van der Waals surface area contributed by atoms with Gasteiger partial charge in [-0.1, -0.05) is 59.6 Å². The Balaban J connectivity index is 0.000000249. The molecule has 0 unspecified atom stereocenters. The third-order valence-electron chi connectivity index (χ3n) is 12.0. The number of aryl methyl sites for hydroxylation is 2. The zero-order chi connectivity index (χ0) is 65.5. The monoisotopic (exact) mass is 1280 g/mol. The Hall–Kier alpha value is -10.6. The average Bonchev–Trinajstić information content (AvgIpc) is 2.08. The van der Waals surface area contributed by atoms with E-state index in [1.165, 1.54) is 99.6 Å². The van der Waals surface area contributed by atoms with Gasteiger partial charge in [0.2, 0.25) is 0 Å². The molecule has 0 saturated heterocycles. The second kappa shape index (κ2) is 34.7. The van der Waals surface area contributed by atoms with Crippen molar-refractivity contribution in [1.82, 2.24) is 9.97 Å². The van der Waals surface area contributed by atoms with Gasteiger partial charge in [-0.25, -0.2) is 9.59 Å². The second-order valence-corrected chi connectivity index (χ2v) is 19.2. The first kappa shape index (κ1) is 71.9. The number of carbonyl (C=O) groups excluding carboxylic acids is 10. The van der Waals surface area contributed by atoms with Crippen LogP contribution in [0.2, 0.25) is 10.0 Å². The van der Waals surface area contributed by atoms with Gasteiger partial charge >= 0.3 is 59.1 Å². The smallest absolute Gasteiger partial charge is 0.545 e. The molecule has 0 fully saturated rings. The van der Waals surface area contributed by atoms with Gasteiger partial charge in [-0.2, -0.15) is 0 Å². The zero-order valence-corrected chi connectivity index (χ0v) is 51.6. The Morgan fingerprint density at radius 2 is 0.711 bits per heavy atom. The van der Waals surface area contributed by atoms with Crippen LogP contribution in [0.1, 0.15) is 95.1 Å². The average molecular weight is 1280 g/mol. The van der Waals surface area contributed by atoms with E-state index in [9.17, 15) is 63.3 Å². The minimum Gasteiger partial charge on any atom is -0.545 e. The summed E-state index contributed by atoms with van der Waals surface area (Å²) >= 11 is 11.6. The number of hydrogen-bond acceptors (Lipinski definition) is 20. The minimum atomic E-state index is -1.36. The molecular weight excluding hydrogens is 1230 g/mol. The van der Waals surface area contributed by atoms with E-state index < -0.39 is 59.7 Å². The van der Waals surface area contributed by atoms with E-state index in [0.717, 1.165) is 44.3 Å². The first-order chi connectivity index (χ1) is 42.3. The number of para-hydroxylation sites is 3. The van der Waals surface area contributed by atoms with Crippen LogP contribution in [0.5, 0.6) is 28.7 Å². The Bertz CT molecular complexity index is 3760. The van der Waals surface area contributed by atoms with Crippen LogP contribution in [-0.2, 0) is 46.3 Å². The van der Waals surface area contributed by atoms with Crippen molar-refractivity contribution >= 4 is 122 Å². The van der Waals surface area contributed by atoms with Gasteiger partial charge in [-0.05, 0) is 146 Å². The number of halogens is 2. The summed E-state index contributed by atoms with van der Waals surface area (Å²) < 4.78 is 34.3. The van der Waals surface area contributed by atoms with Crippen LogP contribution < -0.4 is 39.0 Å². The number of nitrogens with one attached hydrogen (secondary N) is 2. The molecule has 90 heavy (non-hydrogen) atoms. The molecule has 22 nitrogen and oxygen atoms in total. The number of fused-ring (bicyclic) bond motifs is 2. The summed E-state index contributed by atoms with van der Waals surface area (Å²) in [5, 5.41) is 34.3. The van der Waals surface area contributed by atoms with Crippen LogP contribution in [0.25, 0.3) is 21.8 Å².